The minimum Gasteiger partial charge on any atom is -0.379 e. The number of nitrogens with two attached hydrogens (primary N) is 1. The molecule has 0 saturated carbocycles. The van der Waals surface area contributed by atoms with Crippen LogP contribution in [0.15, 0.2) is 18.2 Å². The lowest BCUT2D eigenvalue weighted by Crippen LogP contribution is -2.50. The molecule has 0 aromatic heterocycles. The van der Waals surface area contributed by atoms with Crippen LogP contribution in [0.25, 0.3) is 0 Å². The molecule has 2 rings (SSSR count). The first-order valence-corrected chi connectivity index (χ1v) is 6.99. The van der Waals surface area contributed by atoms with E-state index in [-0.39, 0.29) is 11.9 Å². The summed E-state index contributed by atoms with van der Waals surface area (Å²) in [4.78, 5) is 14.4. The number of ether oxygens (including phenoxy) is 1. The van der Waals surface area contributed by atoms with Gasteiger partial charge in [-0.1, -0.05) is 23.8 Å². The van der Waals surface area contributed by atoms with Crippen molar-refractivity contribution >= 4 is 5.91 Å². The molecule has 1 amide bonds. The number of hydrogen-bond acceptors (Lipinski definition) is 3. The molecule has 1 aliphatic heterocycles. The molecule has 1 aromatic rings. The summed E-state index contributed by atoms with van der Waals surface area (Å²) >= 11 is 0. The number of amides is 1. The van der Waals surface area contributed by atoms with E-state index in [0.29, 0.717) is 19.8 Å². The minimum absolute atomic E-state index is 0.0578. The Labute approximate surface area is 120 Å². The predicted octanol–water partition coefficient (Wildman–Crippen LogP) is 1.63. The Hall–Kier alpha value is -1.39. The van der Waals surface area contributed by atoms with Gasteiger partial charge in [0.15, 0.2) is 0 Å². The van der Waals surface area contributed by atoms with Crippen molar-refractivity contribution < 1.29 is 9.53 Å². The standard InChI is InChI=1S/C16H24N2O2/c1-11-5-6-13(12(2)7-11)8-18(4)15(19)16(3)10-20-9-14(16)17/h5-7,14H,8-10,17H2,1-4H3. The lowest BCUT2D eigenvalue weighted by atomic mass is 9.84. The number of benzene rings is 1. The van der Waals surface area contributed by atoms with E-state index in [9.17, 15) is 4.79 Å². The average Bonchev–Trinajstić information content (AvgIpc) is 2.73. The van der Waals surface area contributed by atoms with Gasteiger partial charge in [0.25, 0.3) is 0 Å². The van der Waals surface area contributed by atoms with Crippen LogP contribution in [0, 0.1) is 19.3 Å². The monoisotopic (exact) mass is 276 g/mol. The van der Waals surface area contributed by atoms with Gasteiger partial charge in [-0.25, -0.2) is 0 Å². The summed E-state index contributed by atoms with van der Waals surface area (Å²) < 4.78 is 5.36. The van der Waals surface area contributed by atoms with Crippen molar-refractivity contribution in [1.82, 2.24) is 4.90 Å². The van der Waals surface area contributed by atoms with E-state index in [2.05, 4.69) is 32.0 Å². The van der Waals surface area contributed by atoms with Crippen molar-refractivity contribution in [3.05, 3.63) is 34.9 Å². The first kappa shape index (κ1) is 15.0. The molecule has 20 heavy (non-hydrogen) atoms. The lowest BCUT2D eigenvalue weighted by molar-refractivity contribution is -0.140. The molecule has 0 radical (unpaired) electrons. The molecule has 1 saturated heterocycles. The third-order valence-corrected chi connectivity index (χ3v) is 4.26. The molecule has 4 nitrogen and oxygen atoms in total. The second-order valence-corrected chi connectivity index (χ2v) is 6.13. The molecule has 0 aliphatic carbocycles. The number of carbonyl (C=O) groups is 1. The molecule has 0 spiro atoms. The molecule has 2 atom stereocenters. The van der Waals surface area contributed by atoms with Crippen molar-refractivity contribution in [3.63, 3.8) is 0 Å². The fourth-order valence-electron chi connectivity index (χ4n) is 2.70. The molecule has 2 unspecified atom stereocenters. The van der Waals surface area contributed by atoms with Gasteiger partial charge >= 0.3 is 0 Å². The molecule has 1 fully saturated rings. The van der Waals surface area contributed by atoms with E-state index in [1.54, 1.807) is 4.90 Å². The molecular weight excluding hydrogens is 252 g/mol. The van der Waals surface area contributed by atoms with Gasteiger partial charge in [-0.05, 0) is 31.9 Å². The average molecular weight is 276 g/mol. The van der Waals surface area contributed by atoms with Crippen molar-refractivity contribution in [2.75, 3.05) is 20.3 Å². The maximum absolute atomic E-state index is 12.6. The zero-order valence-electron chi connectivity index (χ0n) is 12.8. The van der Waals surface area contributed by atoms with Gasteiger partial charge in [0.1, 0.15) is 0 Å². The Balaban J connectivity index is 2.11. The van der Waals surface area contributed by atoms with Crippen LogP contribution in [-0.4, -0.2) is 37.1 Å². The van der Waals surface area contributed by atoms with Gasteiger partial charge in [0.05, 0.1) is 18.6 Å². The van der Waals surface area contributed by atoms with Crippen molar-refractivity contribution in [3.8, 4) is 0 Å². The van der Waals surface area contributed by atoms with Gasteiger partial charge in [-0.2, -0.15) is 0 Å². The number of carbonyl (C=O) groups excluding carboxylic acids is 1. The fraction of sp³-hybridized carbons (Fsp3) is 0.562. The Kier molecular flexibility index (Phi) is 4.16. The topological polar surface area (TPSA) is 55.6 Å². The predicted molar refractivity (Wildman–Crippen MR) is 79.3 cm³/mol. The molecule has 0 bridgehead atoms. The Morgan fingerprint density at radius 3 is 2.75 bits per heavy atom. The van der Waals surface area contributed by atoms with Crippen LogP contribution in [0.5, 0.6) is 0 Å². The van der Waals surface area contributed by atoms with E-state index in [4.69, 9.17) is 10.5 Å². The molecular formula is C16H24N2O2. The molecule has 1 aromatic carbocycles. The van der Waals surface area contributed by atoms with E-state index in [1.165, 1.54) is 16.7 Å². The Bertz CT molecular complexity index is 515. The highest BCUT2D eigenvalue weighted by Gasteiger charge is 2.45. The molecule has 4 heteroatoms. The highest BCUT2D eigenvalue weighted by molar-refractivity contribution is 5.83. The van der Waals surface area contributed by atoms with Crippen molar-refractivity contribution in [1.29, 1.82) is 0 Å². The largest absolute Gasteiger partial charge is 0.379 e. The zero-order valence-corrected chi connectivity index (χ0v) is 12.8. The fourth-order valence-corrected chi connectivity index (χ4v) is 2.70. The maximum atomic E-state index is 12.6. The second kappa shape index (κ2) is 5.54. The van der Waals surface area contributed by atoms with Crippen molar-refractivity contribution in [2.24, 2.45) is 11.1 Å². The van der Waals surface area contributed by atoms with Gasteiger partial charge < -0.3 is 15.4 Å². The van der Waals surface area contributed by atoms with E-state index < -0.39 is 5.41 Å². The summed E-state index contributed by atoms with van der Waals surface area (Å²) in [6.07, 6.45) is 0. The number of hydrogen-bond donors (Lipinski definition) is 1. The normalized spacial score (nSPS) is 25.8. The minimum atomic E-state index is -0.604. The summed E-state index contributed by atoms with van der Waals surface area (Å²) in [5.74, 6) is 0.0578. The zero-order chi connectivity index (χ0) is 14.9. The van der Waals surface area contributed by atoms with Crippen LogP contribution in [0.4, 0.5) is 0 Å². The first-order valence-electron chi connectivity index (χ1n) is 6.99. The van der Waals surface area contributed by atoms with Crippen molar-refractivity contribution in [2.45, 2.75) is 33.4 Å². The lowest BCUT2D eigenvalue weighted by Gasteiger charge is -2.31. The SMILES string of the molecule is Cc1ccc(CN(C)C(=O)C2(C)COCC2N)c(C)c1. The summed E-state index contributed by atoms with van der Waals surface area (Å²) in [6, 6.07) is 6.07. The highest BCUT2D eigenvalue weighted by atomic mass is 16.5. The number of rotatable bonds is 3. The van der Waals surface area contributed by atoms with Crippen LogP contribution < -0.4 is 5.73 Å². The van der Waals surface area contributed by atoms with Crippen LogP contribution in [-0.2, 0) is 16.1 Å². The molecule has 110 valence electrons. The van der Waals surface area contributed by atoms with Gasteiger partial charge in [0.2, 0.25) is 5.91 Å². The number of aryl methyl sites for hydroxylation is 2. The van der Waals surface area contributed by atoms with Gasteiger partial charge in [-0.3, -0.25) is 4.79 Å². The smallest absolute Gasteiger partial charge is 0.232 e. The van der Waals surface area contributed by atoms with Gasteiger partial charge in [0, 0.05) is 19.6 Å². The summed E-state index contributed by atoms with van der Waals surface area (Å²) in [7, 11) is 1.83. The molecule has 1 heterocycles. The highest BCUT2D eigenvalue weighted by Crippen LogP contribution is 2.29. The Morgan fingerprint density at radius 2 is 2.20 bits per heavy atom. The van der Waals surface area contributed by atoms with Crippen LogP contribution in [0.1, 0.15) is 23.6 Å². The molecule has 1 aliphatic rings. The van der Waals surface area contributed by atoms with E-state index in [0.717, 1.165) is 0 Å². The maximum Gasteiger partial charge on any atom is 0.232 e. The van der Waals surface area contributed by atoms with Crippen LogP contribution >= 0.6 is 0 Å². The quantitative estimate of drug-likeness (QED) is 0.913. The first-order chi connectivity index (χ1) is 9.34. The third-order valence-electron chi connectivity index (χ3n) is 4.26. The molecule has 2 N–H and O–H groups in total. The second-order valence-electron chi connectivity index (χ2n) is 6.13. The number of nitrogens with zero attached hydrogens (tertiary/aromatic N) is 1. The van der Waals surface area contributed by atoms with E-state index >= 15 is 0 Å². The van der Waals surface area contributed by atoms with Gasteiger partial charge in [-0.15, -0.1) is 0 Å². The van der Waals surface area contributed by atoms with Crippen LogP contribution in [0.3, 0.4) is 0 Å². The van der Waals surface area contributed by atoms with E-state index in [1.807, 2.05) is 14.0 Å². The summed E-state index contributed by atoms with van der Waals surface area (Å²) in [5, 5.41) is 0. The third kappa shape index (κ3) is 2.72. The summed E-state index contributed by atoms with van der Waals surface area (Å²) in [5.41, 5.74) is 9.03. The Morgan fingerprint density at radius 1 is 1.50 bits per heavy atom. The van der Waals surface area contributed by atoms with Crippen LogP contribution in [0.2, 0.25) is 0 Å². The summed E-state index contributed by atoms with van der Waals surface area (Å²) in [6.45, 7) is 7.51.